The van der Waals surface area contributed by atoms with Crippen LogP contribution in [0.4, 0.5) is 11.4 Å². The molecule has 78 valence electrons. The third kappa shape index (κ3) is 1.83. The number of para-hydroxylation sites is 2. The van der Waals surface area contributed by atoms with Crippen LogP contribution in [0.5, 0.6) is 0 Å². The summed E-state index contributed by atoms with van der Waals surface area (Å²) in [6.45, 7) is 0.733. The lowest BCUT2D eigenvalue weighted by molar-refractivity contribution is -0.117. The summed E-state index contributed by atoms with van der Waals surface area (Å²) < 4.78 is 0. The van der Waals surface area contributed by atoms with Gasteiger partial charge in [-0.15, -0.1) is 0 Å². The van der Waals surface area contributed by atoms with Gasteiger partial charge in [0, 0.05) is 13.0 Å². The van der Waals surface area contributed by atoms with Crippen LogP contribution in [0, 0.1) is 0 Å². The highest BCUT2D eigenvalue weighted by Crippen LogP contribution is 2.28. The zero-order chi connectivity index (χ0) is 10.7. The first kappa shape index (κ1) is 9.71. The van der Waals surface area contributed by atoms with Gasteiger partial charge in [0.15, 0.2) is 0 Å². The Kier molecular flexibility index (Phi) is 2.67. The summed E-state index contributed by atoms with van der Waals surface area (Å²) in [4.78, 5) is 23.7. The minimum Gasteiger partial charge on any atom is -0.327 e. The van der Waals surface area contributed by atoms with E-state index in [-0.39, 0.29) is 5.91 Å². The van der Waals surface area contributed by atoms with Crippen molar-refractivity contribution in [2.24, 2.45) is 0 Å². The van der Waals surface area contributed by atoms with Gasteiger partial charge in [-0.05, 0) is 18.6 Å². The Labute approximate surface area is 87.9 Å². The Balaban J connectivity index is 2.33. The van der Waals surface area contributed by atoms with Gasteiger partial charge < -0.3 is 10.2 Å². The first-order valence-electron chi connectivity index (χ1n) is 4.92. The average molecular weight is 204 g/mol. The monoisotopic (exact) mass is 204 g/mol. The molecule has 1 saturated heterocycles. The lowest BCUT2D eigenvalue weighted by Crippen LogP contribution is -2.24. The summed E-state index contributed by atoms with van der Waals surface area (Å²) in [5, 5.41) is 2.60. The van der Waals surface area contributed by atoms with Gasteiger partial charge in [0.1, 0.15) is 0 Å². The van der Waals surface area contributed by atoms with Gasteiger partial charge in [0.25, 0.3) is 0 Å². The average Bonchev–Trinajstić information content (AvgIpc) is 2.66. The zero-order valence-corrected chi connectivity index (χ0v) is 8.27. The summed E-state index contributed by atoms with van der Waals surface area (Å²) in [5.41, 5.74) is 1.47. The van der Waals surface area contributed by atoms with Crippen LogP contribution < -0.4 is 10.2 Å². The minimum atomic E-state index is 0.121. The van der Waals surface area contributed by atoms with Gasteiger partial charge >= 0.3 is 0 Å². The lowest BCUT2D eigenvalue weighted by atomic mass is 10.2. The van der Waals surface area contributed by atoms with Gasteiger partial charge in [-0.1, -0.05) is 12.1 Å². The summed E-state index contributed by atoms with van der Waals surface area (Å²) >= 11 is 0. The van der Waals surface area contributed by atoms with E-state index in [1.165, 1.54) is 0 Å². The molecule has 0 bridgehead atoms. The highest BCUT2D eigenvalue weighted by Gasteiger charge is 2.23. The van der Waals surface area contributed by atoms with E-state index in [1.807, 2.05) is 18.2 Å². The number of rotatable bonds is 3. The Bertz CT molecular complexity index is 390. The number of benzene rings is 1. The SMILES string of the molecule is O=CNc1ccccc1N1CCCC1=O. The molecule has 1 N–H and O–H groups in total. The van der Waals surface area contributed by atoms with Gasteiger partial charge in [-0.3, -0.25) is 9.59 Å². The molecule has 1 aromatic carbocycles. The van der Waals surface area contributed by atoms with E-state index in [0.717, 1.165) is 18.7 Å². The van der Waals surface area contributed by atoms with E-state index < -0.39 is 0 Å². The van der Waals surface area contributed by atoms with Crippen LogP contribution in [0.15, 0.2) is 24.3 Å². The number of hydrogen-bond donors (Lipinski definition) is 1. The maximum absolute atomic E-state index is 11.5. The summed E-state index contributed by atoms with van der Waals surface area (Å²) in [7, 11) is 0. The Morgan fingerprint density at radius 3 is 2.80 bits per heavy atom. The van der Waals surface area contributed by atoms with Crippen molar-refractivity contribution in [1.29, 1.82) is 0 Å². The van der Waals surface area contributed by atoms with Crippen LogP contribution in [0.1, 0.15) is 12.8 Å². The fourth-order valence-corrected chi connectivity index (χ4v) is 1.80. The molecule has 4 nitrogen and oxygen atoms in total. The fourth-order valence-electron chi connectivity index (χ4n) is 1.80. The van der Waals surface area contributed by atoms with Crippen molar-refractivity contribution in [3.05, 3.63) is 24.3 Å². The van der Waals surface area contributed by atoms with Crippen LogP contribution in [0.2, 0.25) is 0 Å². The molecule has 15 heavy (non-hydrogen) atoms. The quantitative estimate of drug-likeness (QED) is 0.756. The second-order valence-corrected chi connectivity index (χ2v) is 3.43. The first-order valence-corrected chi connectivity index (χ1v) is 4.92. The van der Waals surface area contributed by atoms with E-state index in [9.17, 15) is 9.59 Å². The molecule has 0 radical (unpaired) electrons. The normalized spacial score (nSPS) is 15.5. The van der Waals surface area contributed by atoms with Crippen LogP contribution in [0.3, 0.4) is 0 Å². The minimum absolute atomic E-state index is 0.121. The first-order chi connectivity index (χ1) is 7.33. The third-order valence-corrected chi connectivity index (χ3v) is 2.48. The number of amides is 2. The van der Waals surface area contributed by atoms with Crippen LogP contribution in [-0.4, -0.2) is 18.9 Å². The largest absolute Gasteiger partial charge is 0.327 e. The topological polar surface area (TPSA) is 49.4 Å². The standard InChI is InChI=1S/C11H12N2O2/c14-8-12-9-4-1-2-5-10(9)13-7-3-6-11(13)15/h1-2,4-5,8H,3,6-7H2,(H,12,14). The molecule has 1 heterocycles. The zero-order valence-electron chi connectivity index (χ0n) is 8.27. The molecule has 2 amide bonds. The molecule has 1 aliphatic heterocycles. The van der Waals surface area contributed by atoms with Crippen LogP contribution in [0.25, 0.3) is 0 Å². The van der Waals surface area contributed by atoms with Crippen molar-refractivity contribution in [2.75, 3.05) is 16.8 Å². The molecule has 0 unspecified atom stereocenters. The molecule has 1 aliphatic rings. The van der Waals surface area contributed by atoms with Crippen LogP contribution >= 0.6 is 0 Å². The summed E-state index contributed by atoms with van der Waals surface area (Å²) in [5.74, 6) is 0.121. The molecular formula is C11H12N2O2. The van der Waals surface area contributed by atoms with Crippen molar-refractivity contribution >= 4 is 23.7 Å². The van der Waals surface area contributed by atoms with Gasteiger partial charge in [-0.2, -0.15) is 0 Å². The molecule has 0 spiro atoms. The fraction of sp³-hybridized carbons (Fsp3) is 0.273. The van der Waals surface area contributed by atoms with Gasteiger partial charge in [-0.25, -0.2) is 0 Å². The number of anilines is 2. The smallest absolute Gasteiger partial charge is 0.227 e. The Hall–Kier alpha value is -1.84. The van der Waals surface area contributed by atoms with E-state index >= 15 is 0 Å². The lowest BCUT2D eigenvalue weighted by Gasteiger charge is -2.18. The molecule has 0 aliphatic carbocycles. The highest BCUT2D eigenvalue weighted by molar-refractivity contribution is 5.99. The van der Waals surface area contributed by atoms with Crippen LogP contribution in [-0.2, 0) is 9.59 Å². The summed E-state index contributed by atoms with van der Waals surface area (Å²) in [6.07, 6.45) is 2.10. The molecule has 0 aromatic heterocycles. The second-order valence-electron chi connectivity index (χ2n) is 3.43. The van der Waals surface area contributed by atoms with Crippen molar-refractivity contribution in [1.82, 2.24) is 0 Å². The predicted molar refractivity (Wildman–Crippen MR) is 57.7 cm³/mol. The van der Waals surface area contributed by atoms with E-state index in [4.69, 9.17) is 0 Å². The number of hydrogen-bond acceptors (Lipinski definition) is 2. The van der Waals surface area contributed by atoms with E-state index in [2.05, 4.69) is 5.32 Å². The Morgan fingerprint density at radius 1 is 1.33 bits per heavy atom. The highest BCUT2D eigenvalue weighted by atomic mass is 16.2. The number of carbonyl (C=O) groups excluding carboxylic acids is 2. The number of nitrogens with zero attached hydrogens (tertiary/aromatic N) is 1. The van der Waals surface area contributed by atoms with Crippen molar-refractivity contribution in [3.63, 3.8) is 0 Å². The molecule has 0 saturated carbocycles. The number of carbonyl (C=O) groups is 2. The van der Waals surface area contributed by atoms with Gasteiger partial charge in [0.05, 0.1) is 11.4 Å². The molecule has 1 fully saturated rings. The van der Waals surface area contributed by atoms with E-state index in [0.29, 0.717) is 18.5 Å². The Morgan fingerprint density at radius 2 is 2.13 bits per heavy atom. The molecule has 1 aromatic rings. The molecule has 2 rings (SSSR count). The van der Waals surface area contributed by atoms with Gasteiger partial charge in [0.2, 0.25) is 12.3 Å². The number of nitrogens with one attached hydrogen (secondary N) is 1. The maximum atomic E-state index is 11.5. The van der Waals surface area contributed by atoms with Crippen molar-refractivity contribution in [2.45, 2.75) is 12.8 Å². The molecular weight excluding hydrogens is 192 g/mol. The third-order valence-electron chi connectivity index (χ3n) is 2.48. The second kappa shape index (κ2) is 4.13. The predicted octanol–water partition coefficient (Wildman–Crippen LogP) is 1.38. The molecule has 4 heteroatoms. The maximum Gasteiger partial charge on any atom is 0.227 e. The summed E-state index contributed by atoms with van der Waals surface area (Å²) in [6, 6.07) is 7.32. The van der Waals surface area contributed by atoms with Crippen molar-refractivity contribution in [3.8, 4) is 0 Å². The molecule has 0 atom stereocenters. The van der Waals surface area contributed by atoms with E-state index in [1.54, 1.807) is 11.0 Å². The van der Waals surface area contributed by atoms with Crippen molar-refractivity contribution < 1.29 is 9.59 Å².